The molecule has 0 fully saturated rings. The molecule has 0 spiro atoms. The Morgan fingerprint density at radius 2 is 2.08 bits per heavy atom. The average molecular weight is 358 g/mol. The summed E-state index contributed by atoms with van der Waals surface area (Å²) in [5.41, 5.74) is 0.679. The third-order valence-electron chi connectivity index (χ3n) is 3.73. The monoisotopic (exact) mass is 358 g/mol. The Morgan fingerprint density at radius 3 is 2.81 bits per heavy atom. The van der Waals surface area contributed by atoms with E-state index in [0.29, 0.717) is 18.1 Å². The number of urea groups is 1. The first-order valence-corrected chi connectivity index (χ1v) is 8.18. The Hall–Kier alpha value is -3.30. The Morgan fingerprint density at radius 1 is 1.31 bits per heavy atom. The Labute approximate surface area is 149 Å². The van der Waals surface area contributed by atoms with E-state index >= 15 is 0 Å². The molecule has 2 heterocycles. The zero-order valence-electron chi connectivity index (χ0n) is 14.4. The van der Waals surface area contributed by atoms with Gasteiger partial charge in [-0.05, 0) is 31.5 Å². The van der Waals surface area contributed by atoms with Crippen molar-refractivity contribution in [1.29, 1.82) is 0 Å². The van der Waals surface area contributed by atoms with Crippen LogP contribution in [0.15, 0.2) is 37.2 Å². The molecule has 2 aromatic heterocycles. The number of nitrogens with zero attached hydrogens (tertiary/aromatic N) is 6. The van der Waals surface area contributed by atoms with Gasteiger partial charge in [0, 0.05) is 6.54 Å². The van der Waals surface area contributed by atoms with E-state index in [1.807, 2.05) is 6.92 Å². The normalized spacial score (nSPS) is 12.0. The zero-order valence-corrected chi connectivity index (χ0v) is 14.4. The smallest absolute Gasteiger partial charge is 0.319 e. The molecule has 10 heteroatoms. The van der Waals surface area contributed by atoms with Crippen molar-refractivity contribution in [3.63, 3.8) is 0 Å². The van der Waals surface area contributed by atoms with Crippen LogP contribution in [0.25, 0.3) is 5.69 Å². The highest BCUT2D eigenvalue weighted by Crippen LogP contribution is 2.19. The molecule has 0 unspecified atom stereocenters. The number of hydrogen-bond donors (Lipinski definition) is 2. The van der Waals surface area contributed by atoms with Crippen LogP contribution in [0.5, 0.6) is 0 Å². The molecule has 0 bridgehead atoms. The zero-order chi connectivity index (χ0) is 18.5. The Balaban J connectivity index is 1.70. The van der Waals surface area contributed by atoms with Crippen molar-refractivity contribution in [2.45, 2.75) is 32.9 Å². The molecule has 2 amide bonds. The van der Waals surface area contributed by atoms with Crippen LogP contribution in [-0.4, -0.2) is 35.6 Å². The van der Waals surface area contributed by atoms with Gasteiger partial charge in [0.15, 0.2) is 0 Å². The summed E-state index contributed by atoms with van der Waals surface area (Å²) in [6.07, 6.45) is 5.32. The molecule has 2 N–H and O–H groups in total. The van der Waals surface area contributed by atoms with Gasteiger partial charge in [-0.2, -0.15) is 5.10 Å². The summed E-state index contributed by atoms with van der Waals surface area (Å²) in [4.78, 5) is 16.4. The number of anilines is 1. The highest BCUT2D eigenvalue weighted by atomic mass is 19.1. The summed E-state index contributed by atoms with van der Waals surface area (Å²) in [5.74, 6) is 0.0967. The number of nitrogens with one attached hydrogen (secondary N) is 2. The molecular formula is C16H19FN8O. The van der Waals surface area contributed by atoms with Gasteiger partial charge < -0.3 is 10.6 Å². The minimum absolute atomic E-state index is 0.0518. The summed E-state index contributed by atoms with van der Waals surface area (Å²) >= 11 is 0. The summed E-state index contributed by atoms with van der Waals surface area (Å²) in [7, 11) is 0. The number of aromatic nitrogens is 6. The number of hydrogen-bond acceptors (Lipinski definition) is 5. The maximum absolute atomic E-state index is 14.0. The fourth-order valence-electron chi connectivity index (χ4n) is 2.52. The van der Waals surface area contributed by atoms with Crippen LogP contribution in [0.1, 0.15) is 32.1 Å². The van der Waals surface area contributed by atoms with Crippen molar-refractivity contribution in [3.8, 4) is 5.69 Å². The van der Waals surface area contributed by atoms with Crippen LogP contribution in [0.4, 0.5) is 14.9 Å². The Bertz CT molecular complexity index is 876. The summed E-state index contributed by atoms with van der Waals surface area (Å²) in [5, 5.41) is 16.8. The number of aryl methyl sites for hydroxylation is 1. The van der Waals surface area contributed by atoms with Crippen molar-refractivity contribution < 1.29 is 9.18 Å². The van der Waals surface area contributed by atoms with Crippen molar-refractivity contribution in [1.82, 2.24) is 34.8 Å². The van der Waals surface area contributed by atoms with E-state index in [1.54, 1.807) is 22.2 Å². The maximum Gasteiger partial charge on any atom is 0.319 e. The molecular weight excluding hydrogens is 339 g/mol. The first kappa shape index (κ1) is 17.5. The quantitative estimate of drug-likeness (QED) is 0.704. The van der Waals surface area contributed by atoms with Gasteiger partial charge in [0.2, 0.25) is 0 Å². The second-order valence-corrected chi connectivity index (χ2v) is 5.69. The van der Waals surface area contributed by atoms with Crippen molar-refractivity contribution in [2.75, 3.05) is 5.32 Å². The lowest BCUT2D eigenvalue weighted by molar-refractivity contribution is 0.248. The lowest BCUT2D eigenvalue weighted by atomic mass is 10.2. The van der Waals surface area contributed by atoms with Crippen LogP contribution in [-0.2, 0) is 6.54 Å². The van der Waals surface area contributed by atoms with Crippen LogP contribution in [0.2, 0.25) is 0 Å². The van der Waals surface area contributed by atoms with Gasteiger partial charge in [0.25, 0.3) is 0 Å². The number of carbonyl (C=O) groups excluding carboxylic acids is 1. The topological polar surface area (TPSA) is 103 Å². The molecule has 0 aliphatic rings. The minimum atomic E-state index is -0.543. The molecule has 3 rings (SSSR count). The minimum Gasteiger partial charge on any atom is -0.328 e. The van der Waals surface area contributed by atoms with E-state index < -0.39 is 11.8 Å². The largest absolute Gasteiger partial charge is 0.328 e. The molecule has 0 aliphatic carbocycles. The Kier molecular flexibility index (Phi) is 5.20. The van der Waals surface area contributed by atoms with Crippen molar-refractivity contribution in [3.05, 3.63) is 48.8 Å². The first-order chi connectivity index (χ1) is 12.6. The fraction of sp³-hybridized carbons (Fsp3) is 0.312. The van der Waals surface area contributed by atoms with Crippen molar-refractivity contribution in [2.24, 2.45) is 0 Å². The maximum atomic E-state index is 14.0. The third-order valence-corrected chi connectivity index (χ3v) is 3.73. The standard InChI is InChI=1S/C16H19FN8O/c1-3-6-25-15(18-8-21-25)11(2)22-16(26)23-14-7-12(4-5-13(14)17)24-9-19-20-10-24/h4-5,7-11H,3,6H2,1-2H3,(H2,22,23,26)/t11-/m1/s1. The second-order valence-electron chi connectivity index (χ2n) is 5.69. The first-order valence-electron chi connectivity index (χ1n) is 8.18. The molecule has 3 aromatic rings. The van der Waals surface area contributed by atoms with Gasteiger partial charge in [-0.1, -0.05) is 6.92 Å². The van der Waals surface area contributed by atoms with E-state index in [2.05, 4.69) is 30.9 Å². The van der Waals surface area contributed by atoms with E-state index in [4.69, 9.17) is 0 Å². The lowest BCUT2D eigenvalue weighted by Gasteiger charge is -2.15. The number of halogens is 1. The average Bonchev–Trinajstić information content (AvgIpc) is 3.28. The van der Waals surface area contributed by atoms with E-state index in [-0.39, 0.29) is 11.7 Å². The summed E-state index contributed by atoms with van der Waals surface area (Å²) < 4.78 is 17.4. The van der Waals surface area contributed by atoms with Crippen LogP contribution < -0.4 is 10.6 Å². The summed E-state index contributed by atoms with van der Waals surface area (Å²) in [6.45, 7) is 4.53. The number of carbonyl (C=O) groups is 1. The van der Waals surface area contributed by atoms with E-state index in [9.17, 15) is 9.18 Å². The predicted molar refractivity (Wildman–Crippen MR) is 92.2 cm³/mol. The van der Waals surface area contributed by atoms with Gasteiger partial charge in [0.1, 0.15) is 30.6 Å². The number of benzene rings is 1. The molecule has 0 aliphatic heterocycles. The van der Waals surface area contributed by atoms with Gasteiger partial charge in [-0.3, -0.25) is 4.57 Å². The molecule has 9 nitrogen and oxygen atoms in total. The van der Waals surface area contributed by atoms with Crippen molar-refractivity contribution >= 4 is 11.7 Å². The molecule has 136 valence electrons. The highest BCUT2D eigenvalue weighted by molar-refractivity contribution is 5.89. The van der Waals surface area contributed by atoms with E-state index in [0.717, 1.165) is 6.42 Å². The molecule has 0 saturated carbocycles. The highest BCUT2D eigenvalue weighted by Gasteiger charge is 2.16. The van der Waals surface area contributed by atoms with Gasteiger partial charge in [0.05, 0.1) is 17.4 Å². The molecule has 0 saturated heterocycles. The molecule has 1 aromatic carbocycles. The van der Waals surface area contributed by atoms with Gasteiger partial charge in [-0.25, -0.2) is 18.9 Å². The van der Waals surface area contributed by atoms with Crippen LogP contribution >= 0.6 is 0 Å². The molecule has 0 radical (unpaired) electrons. The fourth-order valence-corrected chi connectivity index (χ4v) is 2.52. The second kappa shape index (κ2) is 7.72. The van der Waals surface area contributed by atoms with Gasteiger partial charge >= 0.3 is 6.03 Å². The third kappa shape index (κ3) is 3.85. The van der Waals surface area contributed by atoms with Gasteiger partial charge in [-0.15, -0.1) is 10.2 Å². The SMILES string of the molecule is CCCn1ncnc1[C@@H](C)NC(=O)Nc1cc(-n2cnnc2)ccc1F. The van der Waals surface area contributed by atoms with Crippen LogP contribution in [0, 0.1) is 5.82 Å². The van der Waals surface area contributed by atoms with E-state index in [1.165, 1.54) is 31.1 Å². The summed E-state index contributed by atoms with van der Waals surface area (Å²) in [6, 6.07) is 3.42. The lowest BCUT2D eigenvalue weighted by Crippen LogP contribution is -2.33. The van der Waals surface area contributed by atoms with Crippen LogP contribution in [0.3, 0.4) is 0 Å². The number of rotatable bonds is 6. The number of amides is 2. The molecule has 1 atom stereocenters. The predicted octanol–water partition coefficient (Wildman–Crippen LogP) is 2.29. The molecule has 26 heavy (non-hydrogen) atoms.